The van der Waals surface area contributed by atoms with Gasteiger partial charge in [0.15, 0.2) is 0 Å². The average Bonchev–Trinajstić information content (AvgIpc) is 2.54. The van der Waals surface area contributed by atoms with Crippen molar-refractivity contribution in [3.05, 3.63) is 54.4 Å². The highest BCUT2D eigenvalue weighted by Crippen LogP contribution is 2.15. The molecule has 0 fully saturated rings. The lowest BCUT2D eigenvalue weighted by molar-refractivity contribution is 0.340. The van der Waals surface area contributed by atoms with Crippen LogP contribution in [0.5, 0.6) is 5.75 Å². The van der Waals surface area contributed by atoms with Crippen LogP contribution in [-0.2, 0) is 10.0 Å². The largest absolute Gasteiger partial charge is 0.494 e. The molecule has 0 atom stereocenters. The molecule has 0 bridgehead atoms. The zero-order valence-corrected chi connectivity index (χ0v) is 13.2. The Morgan fingerprint density at radius 1 is 1.18 bits per heavy atom. The van der Waals surface area contributed by atoms with Gasteiger partial charge in [0.25, 0.3) is 10.0 Å². The Kier molecular flexibility index (Phi) is 5.11. The second-order valence-corrected chi connectivity index (χ2v) is 6.09. The average molecular weight is 319 g/mol. The van der Waals surface area contributed by atoms with E-state index in [9.17, 15) is 8.42 Å². The SMILES string of the molecule is CCOc1ccc(S(=O)(=O)N/N=C(/C)c2ccncc2)cc1. The summed E-state index contributed by atoms with van der Waals surface area (Å²) in [6.07, 6.45) is 3.24. The fourth-order valence-corrected chi connectivity index (χ4v) is 2.58. The van der Waals surface area contributed by atoms with Crippen molar-refractivity contribution in [1.82, 2.24) is 9.82 Å². The number of nitrogens with zero attached hydrogens (tertiary/aromatic N) is 2. The Hall–Kier alpha value is -2.41. The Balaban J connectivity index is 2.14. The maximum atomic E-state index is 12.2. The van der Waals surface area contributed by atoms with Gasteiger partial charge in [-0.3, -0.25) is 4.98 Å². The van der Waals surface area contributed by atoms with Crippen LogP contribution < -0.4 is 9.57 Å². The predicted octanol–water partition coefficient (Wildman–Crippen LogP) is 2.18. The van der Waals surface area contributed by atoms with Gasteiger partial charge in [-0.05, 0) is 50.2 Å². The molecule has 1 aromatic heterocycles. The zero-order valence-electron chi connectivity index (χ0n) is 12.4. The first-order chi connectivity index (χ1) is 10.5. The topological polar surface area (TPSA) is 80.7 Å². The summed E-state index contributed by atoms with van der Waals surface area (Å²) in [6, 6.07) is 9.68. The molecule has 0 aliphatic heterocycles. The number of aromatic nitrogens is 1. The standard InChI is InChI=1S/C15H17N3O3S/c1-3-21-14-4-6-15(7-5-14)22(19,20)18-17-12(2)13-8-10-16-11-9-13/h4-11,18H,3H2,1-2H3/b17-12-. The first-order valence-electron chi connectivity index (χ1n) is 6.72. The maximum absolute atomic E-state index is 12.2. The summed E-state index contributed by atoms with van der Waals surface area (Å²) in [5.74, 6) is 0.623. The number of ether oxygens (including phenoxy) is 1. The van der Waals surface area contributed by atoms with Crippen molar-refractivity contribution >= 4 is 15.7 Å². The molecular weight excluding hydrogens is 302 g/mol. The van der Waals surface area contributed by atoms with Gasteiger partial charge in [-0.15, -0.1) is 0 Å². The van der Waals surface area contributed by atoms with Crippen molar-refractivity contribution in [3.63, 3.8) is 0 Å². The van der Waals surface area contributed by atoms with E-state index in [1.807, 2.05) is 6.92 Å². The summed E-state index contributed by atoms with van der Waals surface area (Å²) in [6.45, 7) is 4.11. The van der Waals surface area contributed by atoms with E-state index in [-0.39, 0.29) is 4.90 Å². The summed E-state index contributed by atoms with van der Waals surface area (Å²) in [5, 5.41) is 3.92. The van der Waals surface area contributed by atoms with Crippen LogP contribution >= 0.6 is 0 Å². The van der Waals surface area contributed by atoms with E-state index in [0.717, 1.165) is 5.56 Å². The Labute approximate surface area is 129 Å². The van der Waals surface area contributed by atoms with E-state index >= 15 is 0 Å². The van der Waals surface area contributed by atoms with E-state index < -0.39 is 10.0 Å². The van der Waals surface area contributed by atoms with Gasteiger partial charge in [-0.1, -0.05) is 0 Å². The smallest absolute Gasteiger partial charge is 0.276 e. The fraction of sp³-hybridized carbons (Fsp3) is 0.200. The summed E-state index contributed by atoms with van der Waals surface area (Å²) < 4.78 is 29.6. The van der Waals surface area contributed by atoms with E-state index in [1.165, 1.54) is 12.1 Å². The first kappa shape index (κ1) is 16.0. The third-order valence-electron chi connectivity index (χ3n) is 2.88. The van der Waals surface area contributed by atoms with Crippen molar-refractivity contribution in [1.29, 1.82) is 0 Å². The number of sulfonamides is 1. The zero-order chi connectivity index (χ0) is 16.0. The van der Waals surface area contributed by atoms with Gasteiger partial charge in [0, 0.05) is 18.0 Å². The molecule has 0 amide bonds. The molecule has 0 saturated carbocycles. The summed E-state index contributed by atoms with van der Waals surface area (Å²) in [4.78, 5) is 6.25. The highest BCUT2D eigenvalue weighted by atomic mass is 32.2. The molecule has 6 nitrogen and oxygen atoms in total. The van der Waals surface area contributed by atoms with E-state index in [4.69, 9.17) is 4.74 Å². The number of benzene rings is 1. The third kappa shape index (κ3) is 4.05. The summed E-state index contributed by atoms with van der Waals surface area (Å²) in [5.41, 5.74) is 1.35. The number of nitrogens with one attached hydrogen (secondary N) is 1. The molecule has 0 aliphatic carbocycles. The van der Waals surface area contributed by atoms with Crippen molar-refractivity contribution in [2.24, 2.45) is 5.10 Å². The summed E-state index contributed by atoms with van der Waals surface area (Å²) in [7, 11) is -3.70. The molecule has 2 aromatic rings. The first-order valence-corrected chi connectivity index (χ1v) is 8.20. The maximum Gasteiger partial charge on any atom is 0.276 e. The number of hydrogen-bond acceptors (Lipinski definition) is 5. The molecule has 1 N–H and O–H groups in total. The Bertz CT molecular complexity index is 741. The highest BCUT2D eigenvalue weighted by molar-refractivity contribution is 7.89. The second kappa shape index (κ2) is 7.04. The van der Waals surface area contributed by atoms with Crippen molar-refractivity contribution in [2.45, 2.75) is 18.7 Å². The molecule has 7 heteroatoms. The molecule has 1 heterocycles. The molecular formula is C15H17N3O3S. The van der Waals surface area contributed by atoms with Crippen molar-refractivity contribution < 1.29 is 13.2 Å². The molecule has 0 unspecified atom stereocenters. The molecule has 0 radical (unpaired) electrons. The molecule has 2 rings (SSSR count). The highest BCUT2D eigenvalue weighted by Gasteiger charge is 2.13. The number of rotatable bonds is 6. The molecule has 0 saturated heterocycles. The van der Waals surface area contributed by atoms with E-state index in [1.54, 1.807) is 43.6 Å². The van der Waals surface area contributed by atoms with Crippen LogP contribution in [0.2, 0.25) is 0 Å². The molecule has 116 valence electrons. The minimum atomic E-state index is -3.70. The molecule has 22 heavy (non-hydrogen) atoms. The van der Waals surface area contributed by atoms with Crippen LogP contribution in [0.1, 0.15) is 19.4 Å². The van der Waals surface area contributed by atoms with Crippen molar-refractivity contribution in [3.8, 4) is 5.75 Å². The van der Waals surface area contributed by atoms with Crippen LogP contribution in [0, 0.1) is 0 Å². The predicted molar refractivity (Wildman–Crippen MR) is 84.4 cm³/mol. The second-order valence-electron chi connectivity index (χ2n) is 4.43. The van der Waals surface area contributed by atoms with Crippen LogP contribution in [-0.4, -0.2) is 25.7 Å². The number of hydrazone groups is 1. The van der Waals surface area contributed by atoms with Gasteiger partial charge in [0.2, 0.25) is 0 Å². The van der Waals surface area contributed by atoms with Crippen LogP contribution in [0.4, 0.5) is 0 Å². The normalized spacial score (nSPS) is 12.0. The number of pyridine rings is 1. The minimum Gasteiger partial charge on any atom is -0.494 e. The van der Waals surface area contributed by atoms with Gasteiger partial charge in [-0.2, -0.15) is 18.4 Å². The minimum absolute atomic E-state index is 0.127. The lowest BCUT2D eigenvalue weighted by atomic mass is 10.2. The third-order valence-corrected chi connectivity index (χ3v) is 4.10. The van der Waals surface area contributed by atoms with Crippen molar-refractivity contribution in [2.75, 3.05) is 6.61 Å². The van der Waals surface area contributed by atoms with E-state index in [2.05, 4.69) is 14.9 Å². The number of hydrogen-bond donors (Lipinski definition) is 1. The van der Waals surface area contributed by atoms with Gasteiger partial charge in [-0.25, -0.2) is 0 Å². The Morgan fingerprint density at radius 2 is 1.82 bits per heavy atom. The monoisotopic (exact) mass is 319 g/mol. The van der Waals surface area contributed by atoms with Crippen LogP contribution in [0.15, 0.2) is 58.8 Å². The van der Waals surface area contributed by atoms with Gasteiger partial charge in [0.05, 0.1) is 17.2 Å². The lowest BCUT2D eigenvalue weighted by Gasteiger charge is -2.07. The lowest BCUT2D eigenvalue weighted by Crippen LogP contribution is -2.19. The van der Waals surface area contributed by atoms with Gasteiger partial charge < -0.3 is 4.74 Å². The molecule has 0 aliphatic rings. The quantitative estimate of drug-likeness (QED) is 0.653. The Morgan fingerprint density at radius 3 is 2.41 bits per heavy atom. The molecule has 1 aromatic carbocycles. The van der Waals surface area contributed by atoms with Crippen LogP contribution in [0.3, 0.4) is 0 Å². The van der Waals surface area contributed by atoms with Gasteiger partial charge in [0.1, 0.15) is 5.75 Å². The molecule has 0 spiro atoms. The van der Waals surface area contributed by atoms with E-state index in [0.29, 0.717) is 18.1 Å². The van der Waals surface area contributed by atoms with Gasteiger partial charge >= 0.3 is 0 Å². The fourth-order valence-electron chi connectivity index (χ4n) is 1.72. The summed E-state index contributed by atoms with van der Waals surface area (Å²) >= 11 is 0. The van der Waals surface area contributed by atoms with Crippen LogP contribution in [0.25, 0.3) is 0 Å².